The van der Waals surface area contributed by atoms with Gasteiger partial charge in [0.05, 0.1) is 19.3 Å². The van der Waals surface area contributed by atoms with Crippen LogP contribution in [0, 0.1) is 6.92 Å². The van der Waals surface area contributed by atoms with Crippen LogP contribution in [0.4, 0.5) is 5.69 Å². The first-order valence-electron chi connectivity index (χ1n) is 9.77. The van der Waals surface area contributed by atoms with Crippen LogP contribution in [0.5, 0.6) is 5.75 Å². The minimum Gasteiger partial charge on any atom is -0.497 e. The summed E-state index contributed by atoms with van der Waals surface area (Å²) in [7, 11) is 1.59. The average Bonchev–Trinajstić information content (AvgIpc) is 3.13. The number of fused-ring (bicyclic) bond motifs is 1. The lowest BCUT2D eigenvalue weighted by Crippen LogP contribution is -2.64. The molecule has 1 atom stereocenters. The first-order chi connectivity index (χ1) is 14.4. The second-order valence-corrected chi connectivity index (χ2v) is 7.61. The van der Waals surface area contributed by atoms with Crippen molar-refractivity contribution < 1.29 is 14.3 Å². The maximum absolute atomic E-state index is 13.4. The number of carbonyl (C=O) groups is 2. The summed E-state index contributed by atoms with van der Waals surface area (Å²) in [4.78, 5) is 28.4. The highest BCUT2D eigenvalue weighted by Crippen LogP contribution is 2.33. The molecule has 0 aliphatic carbocycles. The minimum absolute atomic E-state index is 0.241. The second kappa shape index (κ2) is 7.67. The van der Waals surface area contributed by atoms with Gasteiger partial charge in [-0.15, -0.1) is 0 Å². The molecule has 0 saturated heterocycles. The van der Waals surface area contributed by atoms with Crippen LogP contribution in [0.1, 0.15) is 28.7 Å². The van der Waals surface area contributed by atoms with Crippen LogP contribution >= 0.6 is 0 Å². The largest absolute Gasteiger partial charge is 0.497 e. The van der Waals surface area contributed by atoms with E-state index in [4.69, 9.17) is 4.74 Å². The molecule has 2 aromatic carbocycles. The van der Waals surface area contributed by atoms with E-state index in [2.05, 4.69) is 10.4 Å². The van der Waals surface area contributed by atoms with Crippen molar-refractivity contribution in [1.29, 1.82) is 0 Å². The van der Waals surface area contributed by atoms with Crippen molar-refractivity contribution in [1.82, 2.24) is 15.1 Å². The predicted molar refractivity (Wildman–Crippen MR) is 113 cm³/mol. The molecule has 2 amide bonds. The number of aromatic nitrogens is 2. The Morgan fingerprint density at radius 1 is 1.17 bits per heavy atom. The molecule has 0 saturated carbocycles. The zero-order valence-electron chi connectivity index (χ0n) is 17.3. The standard InChI is InChI=1S/C23H24N4O3/c1-16-13-20-21(28)27(18-9-11-19(30-3)12-10-18)23(2,15-26(20)25-16)22(29)24-14-17-7-5-4-6-8-17/h4-13H,14-15H2,1-3H3,(H,24,29)/t23-/m0/s1. The van der Waals surface area contributed by atoms with Gasteiger partial charge in [0.15, 0.2) is 0 Å². The first kappa shape index (κ1) is 19.7. The fourth-order valence-corrected chi connectivity index (χ4v) is 3.81. The zero-order chi connectivity index (χ0) is 21.3. The number of anilines is 1. The molecule has 0 bridgehead atoms. The third-order valence-corrected chi connectivity index (χ3v) is 5.39. The Kier molecular flexibility index (Phi) is 5.03. The quantitative estimate of drug-likeness (QED) is 0.709. The van der Waals surface area contributed by atoms with Gasteiger partial charge in [0.25, 0.3) is 5.91 Å². The molecule has 154 valence electrons. The Labute approximate surface area is 175 Å². The number of nitrogens with zero attached hydrogens (tertiary/aromatic N) is 3. The highest BCUT2D eigenvalue weighted by molar-refractivity contribution is 6.11. The summed E-state index contributed by atoms with van der Waals surface area (Å²) in [5.41, 5.74) is 1.68. The molecule has 1 aliphatic rings. The predicted octanol–water partition coefficient (Wildman–Crippen LogP) is 2.94. The molecular weight excluding hydrogens is 380 g/mol. The van der Waals surface area contributed by atoms with Gasteiger partial charge in [-0.1, -0.05) is 30.3 Å². The van der Waals surface area contributed by atoms with E-state index in [-0.39, 0.29) is 18.4 Å². The summed E-state index contributed by atoms with van der Waals surface area (Å²) >= 11 is 0. The van der Waals surface area contributed by atoms with E-state index in [0.29, 0.717) is 23.7 Å². The van der Waals surface area contributed by atoms with Gasteiger partial charge < -0.3 is 10.1 Å². The van der Waals surface area contributed by atoms with Crippen LogP contribution in [0.15, 0.2) is 60.7 Å². The maximum atomic E-state index is 13.4. The Hall–Kier alpha value is -3.61. The summed E-state index contributed by atoms with van der Waals surface area (Å²) in [6.07, 6.45) is 0. The van der Waals surface area contributed by atoms with Crippen molar-refractivity contribution in [3.8, 4) is 5.75 Å². The van der Waals surface area contributed by atoms with Gasteiger partial charge in [-0.2, -0.15) is 5.10 Å². The monoisotopic (exact) mass is 404 g/mol. The SMILES string of the molecule is COc1ccc(N2C(=O)c3cc(C)nn3C[C@@]2(C)C(=O)NCc2ccccc2)cc1. The highest BCUT2D eigenvalue weighted by Gasteiger charge is 2.48. The molecule has 2 heterocycles. The highest BCUT2D eigenvalue weighted by atomic mass is 16.5. The van der Waals surface area contributed by atoms with Gasteiger partial charge in [0.1, 0.15) is 17.0 Å². The van der Waals surface area contributed by atoms with E-state index in [1.54, 1.807) is 53.9 Å². The molecule has 3 aromatic rings. The second-order valence-electron chi connectivity index (χ2n) is 7.61. The van der Waals surface area contributed by atoms with Crippen molar-refractivity contribution in [3.05, 3.63) is 77.6 Å². The fourth-order valence-electron chi connectivity index (χ4n) is 3.81. The summed E-state index contributed by atoms with van der Waals surface area (Å²) in [5, 5.41) is 7.41. The van der Waals surface area contributed by atoms with Crippen molar-refractivity contribution in [3.63, 3.8) is 0 Å². The molecule has 0 radical (unpaired) electrons. The lowest BCUT2D eigenvalue weighted by atomic mass is 9.94. The smallest absolute Gasteiger partial charge is 0.277 e. The van der Waals surface area contributed by atoms with E-state index in [1.165, 1.54) is 0 Å². The Morgan fingerprint density at radius 2 is 1.87 bits per heavy atom. The number of nitrogens with one attached hydrogen (secondary N) is 1. The molecule has 1 N–H and O–H groups in total. The number of rotatable bonds is 5. The first-order valence-corrected chi connectivity index (χ1v) is 9.77. The lowest BCUT2D eigenvalue weighted by molar-refractivity contribution is -0.126. The number of methoxy groups -OCH3 is 1. The molecule has 1 aliphatic heterocycles. The number of aryl methyl sites for hydroxylation is 1. The number of hydrogen-bond acceptors (Lipinski definition) is 4. The topological polar surface area (TPSA) is 76.5 Å². The molecule has 7 nitrogen and oxygen atoms in total. The van der Waals surface area contributed by atoms with E-state index < -0.39 is 5.54 Å². The van der Waals surface area contributed by atoms with Gasteiger partial charge >= 0.3 is 0 Å². The lowest BCUT2D eigenvalue weighted by Gasteiger charge is -2.43. The van der Waals surface area contributed by atoms with Gasteiger partial charge in [-0.3, -0.25) is 19.2 Å². The minimum atomic E-state index is -1.15. The fraction of sp³-hybridized carbons (Fsp3) is 0.261. The Morgan fingerprint density at radius 3 is 2.53 bits per heavy atom. The van der Waals surface area contributed by atoms with Gasteiger partial charge in [-0.25, -0.2) is 0 Å². The van der Waals surface area contributed by atoms with E-state index in [0.717, 1.165) is 11.3 Å². The molecule has 30 heavy (non-hydrogen) atoms. The summed E-state index contributed by atoms with van der Waals surface area (Å²) < 4.78 is 6.86. The van der Waals surface area contributed by atoms with Crippen molar-refractivity contribution in [2.45, 2.75) is 32.5 Å². The molecule has 0 unspecified atom stereocenters. The van der Waals surface area contributed by atoms with Crippen LogP contribution in [0.2, 0.25) is 0 Å². The van der Waals surface area contributed by atoms with Crippen molar-refractivity contribution in [2.24, 2.45) is 0 Å². The molecular formula is C23H24N4O3. The van der Waals surface area contributed by atoms with Crippen LogP contribution in [0.3, 0.4) is 0 Å². The van der Waals surface area contributed by atoms with E-state index >= 15 is 0 Å². The van der Waals surface area contributed by atoms with Gasteiger partial charge in [0.2, 0.25) is 5.91 Å². The summed E-state index contributed by atoms with van der Waals surface area (Å²) in [6.45, 7) is 4.25. The van der Waals surface area contributed by atoms with Gasteiger partial charge in [0, 0.05) is 12.2 Å². The molecule has 0 fully saturated rings. The molecule has 7 heteroatoms. The van der Waals surface area contributed by atoms with Crippen molar-refractivity contribution in [2.75, 3.05) is 12.0 Å². The number of ether oxygens (including phenoxy) is 1. The van der Waals surface area contributed by atoms with Crippen molar-refractivity contribution >= 4 is 17.5 Å². The number of hydrogen-bond donors (Lipinski definition) is 1. The maximum Gasteiger partial charge on any atom is 0.277 e. The number of carbonyl (C=O) groups excluding carboxylic acids is 2. The summed E-state index contributed by atoms with van der Waals surface area (Å²) in [5.74, 6) is 0.179. The average molecular weight is 404 g/mol. The molecule has 1 aromatic heterocycles. The Balaban J connectivity index is 1.71. The van der Waals surface area contributed by atoms with Crippen LogP contribution in [0.25, 0.3) is 0 Å². The molecule has 0 spiro atoms. The third kappa shape index (κ3) is 3.43. The van der Waals surface area contributed by atoms with E-state index in [9.17, 15) is 9.59 Å². The van der Waals surface area contributed by atoms with Crippen LogP contribution in [-0.4, -0.2) is 34.2 Å². The summed E-state index contributed by atoms with van der Waals surface area (Å²) in [6, 6.07) is 18.6. The number of benzene rings is 2. The Bertz CT molecular complexity index is 1080. The normalized spacial score (nSPS) is 18.1. The number of amides is 2. The molecule has 4 rings (SSSR count). The third-order valence-electron chi connectivity index (χ3n) is 5.39. The zero-order valence-corrected chi connectivity index (χ0v) is 17.3. The van der Waals surface area contributed by atoms with Crippen LogP contribution < -0.4 is 15.0 Å². The van der Waals surface area contributed by atoms with Crippen LogP contribution in [-0.2, 0) is 17.9 Å². The van der Waals surface area contributed by atoms with E-state index in [1.807, 2.05) is 37.3 Å². The van der Waals surface area contributed by atoms with Gasteiger partial charge in [-0.05, 0) is 49.7 Å².